The lowest BCUT2D eigenvalue weighted by Crippen LogP contribution is -2.35. The predicted molar refractivity (Wildman–Crippen MR) is 76.4 cm³/mol. The molecule has 0 spiro atoms. The highest BCUT2D eigenvalue weighted by Crippen LogP contribution is 2.30. The van der Waals surface area contributed by atoms with Gasteiger partial charge in [-0.1, -0.05) is 18.9 Å². The molecule has 2 rings (SSSR count). The topological polar surface area (TPSA) is 55.6 Å². The van der Waals surface area contributed by atoms with Gasteiger partial charge in [-0.2, -0.15) is 0 Å². The maximum Gasteiger partial charge on any atom is 0.257 e. The number of anilines is 1. The number of carbonyl (C=O) groups excluding carboxylic acids is 1. The number of nitrogen functional groups attached to an aromatic ring is 1. The van der Waals surface area contributed by atoms with Gasteiger partial charge < -0.3 is 15.4 Å². The Labute approximate surface area is 114 Å². The molecule has 0 heterocycles. The lowest BCUT2D eigenvalue weighted by molar-refractivity contribution is 0.0731. The molecule has 1 aromatic carbocycles. The van der Waals surface area contributed by atoms with Crippen LogP contribution < -0.4 is 10.5 Å². The van der Waals surface area contributed by atoms with Gasteiger partial charge in [-0.3, -0.25) is 4.79 Å². The zero-order chi connectivity index (χ0) is 13.8. The molecular weight excluding hydrogens is 240 g/mol. The van der Waals surface area contributed by atoms with E-state index in [1.165, 1.54) is 12.8 Å². The van der Waals surface area contributed by atoms with E-state index in [4.69, 9.17) is 10.5 Å². The number of para-hydroxylation sites is 1. The molecule has 19 heavy (non-hydrogen) atoms. The Morgan fingerprint density at radius 1 is 1.42 bits per heavy atom. The van der Waals surface area contributed by atoms with E-state index < -0.39 is 0 Å². The number of nitrogens with two attached hydrogens (primary N) is 1. The number of nitrogens with zero attached hydrogens (tertiary/aromatic N) is 1. The summed E-state index contributed by atoms with van der Waals surface area (Å²) in [4.78, 5) is 14.4. The molecule has 1 saturated carbocycles. The fraction of sp³-hybridized carbons (Fsp3) is 0.533. The molecule has 0 aromatic heterocycles. The van der Waals surface area contributed by atoms with Crippen molar-refractivity contribution in [2.45, 2.75) is 38.6 Å². The summed E-state index contributed by atoms with van der Waals surface area (Å²) in [6, 6.07) is 5.70. The van der Waals surface area contributed by atoms with E-state index in [9.17, 15) is 4.79 Å². The number of amides is 1. The van der Waals surface area contributed by atoms with Crippen LogP contribution in [0.1, 0.15) is 43.0 Å². The molecule has 0 aliphatic heterocycles. The van der Waals surface area contributed by atoms with E-state index >= 15 is 0 Å². The SMILES string of the molecule is CCOc1c(N)cccc1C(=O)N(C)C1CCCC1. The van der Waals surface area contributed by atoms with Gasteiger partial charge in [0.15, 0.2) is 5.75 Å². The summed E-state index contributed by atoms with van der Waals surface area (Å²) in [5.74, 6) is 0.516. The van der Waals surface area contributed by atoms with Crippen LogP contribution in [-0.4, -0.2) is 30.5 Å². The van der Waals surface area contributed by atoms with Crippen molar-refractivity contribution in [3.05, 3.63) is 23.8 Å². The van der Waals surface area contributed by atoms with Crippen molar-refractivity contribution in [3.63, 3.8) is 0 Å². The van der Waals surface area contributed by atoms with Crippen LogP contribution in [0.4, 0.5) is 5.69 Å². The Morgan fingerprint density at radius 3 is 2.74 bits per heavy atom. The molecule has 2 N–H and O–H groups in total. The molecular formula is C15H22N2O2. The normalized spacial score (nSPS) is 15.5. The Balaban J connectivity index is 2.24. The molecule has 4 heteroatoms. The molecule has 0 saturated heterocycles. The quantitative estimate of drug-likeness (QED) is 0.849. The van der Waals surface area contributed by atoms with Gasteiger partial charge in [-0.25, -0.2) is 0 Å². The van der Waals surface area contributed by atoms with Crippen LogP contribution in [0.3, 0.4) is 0 Å². The van der Waals surface area contributed by atoms with Gasteiger partial charge in [0.1, 0.15) is 0 Å². The maximum atomic E-state index is 12.6. The molecule has 1 aliphatic carbocycles. The lowest BCUT2D eigenvalue weighted by atomic mass is 10.1. The Hall–Kier alpha value is -1.71. The molecule has 1 amide bonds. The summed E-state index contributed by atoms with van der Waals surface area (Å²) < 4.78 is 5.53. The zero-order valence-corrected chi connectivity index (χ0v) is 11.7. The van der Waals surface area contributed by atoms with Gasteiger partial charge >= 0.3 is 0 Å². The second-order valence-electron chi connectivity index (χ2n) is 5.01. The van der Waals surface area contributed by atoms with E-state index in [1.807, 2.05) is 18.9 Å². The molecule has 104 valence electrons. The van der Waals surface area contributed by atoms with Crippen molar-refractivity contribution < 1.29 is 9.53 Å². The van der Waals surface area contributed by atoms with Crippen LogP contribution in [0.2, 0.25) is 0 Å². The number of ether oxygens (including phenoxy) is 1. The number of carbonyl (C=O) groups is 1. The number of hydrogen-bond acceptors (Lipinski definition) is 3. The molecule has 0 radical (unpaired) electrons. The molecule has 1 fully saturated rings. The first-order valence-corrected chi connectivity index (χ1v) is 6.93. The standard InChI is InChI=1S/C15H22N2O2/c1-3-19-14-12(9-6-10-13(14)16)15(18)17(2)11-7-4-5-8-11/h6,9-11H,3-5,7-8,16H2,1-2H3. The van der Waals surface area contributed by atoms with Gasteiger partial charge in [0.05, 0.1) is 17.9 Å². The van der Waals surface area contributed by atoms with E-state index in [0.29, 0.717) is 29.6 Å². The van der Waals surface area contributed by atoms with Crippen LogP contribution in [0.5, 0.6) is 5.75 Å². The minimum absolute atomic E-state index is 0.00245. The third-order valence-corrected chi connectivity index (χ3v) is 3.76. The van der Waals surface area contributed by atoms with Crippen LogP contribution in [0.15, 0.2) is 18.2 Å². The first kappa shape index (κ1) is 13.7. The van der Waals surface area contributed by atoms with Crippen molar-refractivity contribution in [2.75, 3.05) is 19.4 Å². The Kier molecular flexibility index (Phi) is 4.30. The van der Waals surface area contributed by atoms with Gasteiger partial charge in [0.2, 0.25) is 0 Å². The number of rotatable bonds is 4. The second kappa shape index (κ2) is 5.95. The smallest absolute Gasteiger partial charge is 0.257 e. The van der Waals surface area contributed by atoms with Gasteiger partial charge in [-0.05, 0) is 31.9 Å². The fourth-order valence-corrected chi connectivity index (χ4v) is 2.68. The first-order valence-electron chi connectivity index (χ1n) is 6.93. The van der Waals surface area contributed by atoms with Crippen LogP contribution in [-0.2, 0) is 0 Å². The molecule has 0 atom stereocenters. The summed E-state index contributed by atoms with van der Waals surface area (Å²) in [6.07, 6.45) is 4.60. The Morgan fingerprint density at radius 2 is 2.11 bits per heavy atom. The monoisotopic (exact) mass is 262 g/mol. The van der Waals surface area contributed by atoms with Crippen molar-refractivity contribution in [3.8, 4) is 5.75 Å². The molecule has 1 aromatic rings. The highest BCUT2D eigenvalue weighted by molar-refractivity contribution is 5.98. The number of benzene rings is 1. The van der Waals surface area contributed by atoms with Crippen molar-refractivity contribution in [2.24, 2.45) is 0 Å². The summed E-state index contributed by atoms with van der Waals surface area (Å²) >= 11 is 0. The van der Waals surface area contributed by atoms with Crippen LogP contribution in [0, 0.1) is 0 Å². The largest absolute Gasteiger partial charge is 0.491 e. The minimum atomic E-state index is 0.00245. The summed E-state index contributed by atoms with van der Waals surface area (Å²) in [5.41, 5.74) is 6.99. The van der Waals surface area contributed by atoms with Gasteiger partial charge in [0, 0.05) is 13.1 Å². The zero-order valence-electron chi connectivity index (χ0n) is 11.7. The predicted octanol–water partition coefficient (Wildman–Crippen LogP) is 2.68. The number of hydrogen-bond donors (Lipinski definition) is 1. The third kappa shape index (κ3) is 2.83. The molecule has 4 nitrogen and oxygen atoms in total. The highest BCUT2D eigenvalue weighted by atomic mass is 16.5. The molecule has 0 bridgehead atoms. The van der Waals surface area contributed by atoms with E-state index in [0.717, 1.165) is 12.8 Å². The van der Waals surface area contributed by atoms with E-state index in [-0.39, 0.29) is 5.91 Å². The molecule has 1 aliphatic rings. The summed E-state index contributed by atoms with van der Waals surface area (Å²) in [6.45, 7) is 2.39. The van der Waals surface area contributed by atoms with Gasteiger partial charge in [-0.15, -0.1) is 0 Å². The van der Waals surface area contributed by atoms with Crippen LogP contribution >= 0.6 is 0 Å². The lowest BCUT2D eigenvalue weighted by Gasteiger charge is -2.25. The maximum absolute atomic E-state index is 12.6. The van der Waals surface area contributed by atoms with E-state index in [1.54, 1.807) is 18.2 Å². The van der Waals surface area contributed by atoms with Crippen molar-refractivity contribution >= 4 is 11.6 Å². The van der Waals surface area contributed by atoms with Crippen molar-refractivity contribution in [1.29, 1.82) is 0 Å². The molecule has 0 unspecified atom stereocenters. The average Bonchev–Trinajstić information content (AvgIpc) is 2.93. The highest BCUT2D eigenvalue weighted by Gasteiger charge is 2.26. The van der Waals surface area contributed by atoms with Gasteiger partial charge in [0.25, 0.3) is 5.91 Å². The van der Waals surface area contributed by atoms with Crippen molar-refractivity contribution in [1.82, 2.24) is 4.90 Å². The van der Waals surface area contributed by atoms with E-state index in [2.05, 4.69) is 0 Å². The average molecular weight is 262 g/mol. The van der Waals surface area contributed by atoms with Crippen LogP contribution in [0.25, 0.3) is 0 Å². The Bertz CT molecular complexity index is 453. The third-order valence-electron chi connectivity index (χ3n) is 3.76. The second-order valence-corrected chi connectivity index (χ2v) is 5.01. The summed E-state index contributed by atoms with van der Waals surface area (Å²) in [7, 11) is 1.87. The minimum Gasteiger partial charge on any atom is -0.491 e. The fourth-order valence-electron chi connectivity index (χ4n) is 2.68. The first-order chi connectivity index (χ1) is 9.15. The summed E-state index contributed by atoms with van der Waals surface area (Å²) in [5, 5.41) is 0.